The molecule has 1 aliphatic heterocycles. The minimum Gasteiger partial charge on any atom is -0.369 e. The lowest BCUT2D eigenvalue weighted by molar-refractivity contribution is 0.0639. The molecule has 0 bridgehead atoms. The van der Waals surface area contributed by atoms with E-state index in [0.29, 0.717) is 6.04 Å². The van der Waals surface area contributed by atoms with Gasteiger partial charge in [0.2, 0.25) is 0 Å². The summed E-state index contributed by atoms with van der Waals surface area (Å²) in [6, 6.07) is 12.9. The number of hydrogen-bond donors (Lipinski definition) is 0. The van der Waals surface area contributed by atoms with Crippen LogP contribution in [0.4, 0.5) is 5.69 Å². The van der Waals surface area contributed by atoms with E-state index in [-0.39, 0.29) is 5.91 Å². The summed E-state index contributed by atoms with van der Waals surface area (Å²) in [7, 11) is 0. The Kier molecular flexibility index (Phi) is 6.91. The monoisotopic (exact) mass is 385 g/mol. The van der Waals surface area contributed by atoms with E-state index in [1.807, 2.05) is 28.4 Å². The molecule has 0 aliphatic carbocycles. The summed E-state index contributed by atoms with van der Waals surface area (Å²) in [5.41, 5.74) is 1.98. The molecule has 5 heteroatoms. The predicted molar refractivity (Wildman–Crippen MR) is 115 cm³/mol. The molecular weight excluding hydrogens is 354 g/mol. The maximum Gasteiger partial charge on any atom is 0.253 e. The van der Waals surface area contributed by atoms with Gasteiger partial charge in [-0.15, -0.1) is 11.3 Å². The van der Waals surface area contributed by atoms with Gasteiger partial charge >= 0.3 is 0 Å². The van der Waals surface area contributed by atoms with Crippen LogP contribution in [-0.2, 0) is 6.42 Å². The third kappa shape index (κ3) is 5.11. The first-order valence-electron chi connectivity index (χ1n) is 9.99. The summed E-state index contributed by atoms with van der Waals surface area (Å²) >= 11 is 1.83. The zero-order valence-electron chi connectivity index (χ0n) is 16.7. The molecule has 3 rings (SSSR count). The molecule has 1 amide bonds. The Morgan fingerprint density at radius 1 is 1.11 bits per heavy atom. The van der Waals surface area contributed by atoms with Crippen LogP contribution in [-0.4, -0.2) is 61.0 Å². The van der Waals surface area contributed by atoms with Gasteiger partial charge in [0, 0.05) is 61.4 Å². The zero-order valence-corrected chi connectivity index (χ0v) is 17.5. The standard InChI is InChI=1S/C22H31N3OS/c1-4-25(18(2)3)20-9-7-19(8-10-20)22(26)24-15-13-23(14-16-24)12-11-21-6-5-17-27-21/h5-10,17-18H,4,11-16H2,1-3H3. The van der Waals surface area contributed by atoms with E-state index in [0.717, 1.165) is 51.3 Å². The molecule has 1 aromatic heterocycles. The summed E-state index contributed by atoms with van der Waals surface area (Å²) in [4.78, 5) is 21.1. The van der Waals surface area contributed by atoms with Gasteiger partial charge in [-0.2, -0.15) is 0 Å². The third-order valence-corrected chi connectivity index (χ3v) is 6.26. The number of nitrogens with zero attached hydrogens (tertiary/aromatic N) is 3. The topological polar surface area (TPSA) is 26.8 Å². The van der Waals surface area contributed by atoms with E-state index >= 15 is 0 Å². The van der Waals surface area contributed by atoms with Gasteiger partial charge in [0.25, 0.3) is 5.91 Å². The molecule has 0 unspecified atom stereocenters. The summed E-state index contributed by atoms with van der Waals surface area (Å²) in [5.74, 6) is 0.159. The van der Waals surface area contributed by atoms with Gasteiger partial charge in [-0.3, -0.25) is 9.69 Å². The van der Waals surface area contributed by atoms with Gasteiger partial charge in [0.15, 0.2) is 0 Å². The van der Waals surface area contributed by atoms with Crippen LogP contribution < -0.4 is 4.90 Å². The Morgan fingerprint density at radius 2 is 1.81 bits per heavy atom. The van der Waals surface area contributed by atoms with Crippen molar-refractivity contribution in [3.63, 3.8) is 0 Å². The lowest BCUT2D eigenvalue weighted by atomic mass is 10.1. The van der Waals surface area contributed by atoms with Crippen molar-refractivity contribution >= 4 is 22.9 Å². The number of carbonyl (C=O) groups excluding carboxylic acids is 1. The zero-order chi connectivity index (χ0) is 19.2. The van der Waals surface area contributed by atoms with Crippen molar-refractivity contribution in [3.8, 4) is 0 Å². The number of rotatable bonds is 7. The van der Waals surface area contributed by atoms with Gasteiger partial charge < -0.3 is 9.80 Å². The Morgan fingerprint density at radius 3 is 2.37 bits per heavy atom. The van der Waals surface area contributed by atoms with Gasteiger partial charge in [-0.05, 0) is 62.9 Å². The van der Waals surface area contributed by atoms with Crippen LogP contribution >= 0.6 is 11.3 Å². The predicted octanol–water partition coefficient (Wildman–Crippen LogP) is 3.98. The number of hydrogen-bond acceptors (Lipinski definition) is 4. The minimum absolute atomic E-state index is 0.159. The molecule has 0 radical (unpaired) electrons. The molecule has 146 valence electrons. The summed E-state index contributed by atoms with van der Waals surface area (Å²) in [6.45, 7) is 12.2. The molecule has 2 aromatic rings. The van der Waals surface area contributed by atoms with Crippen molar-refractivity contribution in [1.82, 2.24) is 9.80 Å². The second-order valence-electron chi connectivity index (χ2n) is 7.39. The number of amides is 1. The van der Waals surface area contributed by atoms with E-state index in [9.17, 15) is 4.79 Å². The Balaban J connectivity index is 1.51. The van der Waals surface area contributed by atoms with E-state index in [1.165, 1.54) is 10.6 Å². The molecule has 2 heterocycles. The van der Waals surface area contributed by atoms with Crippen molar-refractivity contribution < 1.29 is 4.79 Å². The van der Waals surface area contributed by atoms with Crippen LogP contribution in [0.2, 0.25) is 0 Å². The van der Waals surface area contributed by atoms with Gasteiger partial charge in [-0.1, -0.05) is 6.07 Å². The Bertz CT molecular complexity index is 704. The van der Waals surface area contributed by atoms with E-state index in [2.05, 4.69) is 60.2 Å². The molecule has 1 saturated heterocycles. The fourth-order valence-electron chi connectivity index (χ4n) is 3.72. The first kappa shape index (κ1) is 19.9. The molecule has 0 saturated carbocycles. The maximum atomic E-state index is 12.8. The fraction of sp³-hybridized carbons (Fsp3) is 0.500. The number of benzene rings is 1. The van der Waals surface area contributed by atoms with Crippen LogP contribution in [0.25, 0.3) is 0 Å². The van der Waals surface area contributed by atoms with Crippen molar-refractivity contribution in [1.29, 1.82) is 0 Å². The quantitative estimate of drug-likeness (QED) is 0.721. The van der Waals surface area contributed by atoms with E-state index in [1.54, 1.807) is 0 Å². The number of anilines is 1. The summed E-state index contributed by atoms with van der Waals surface area (Å²) in [5, 5.41) is 2.14. The Hall–Kier alpha value is -1.85. The fourth-order valence-corrected chi connectivity index (χ4v) is 4.42. The van der Waals surface area contributed by atoms with E-state index < -0.39 is 0 Å². The van der Waals surface area contributed by atoms with Gasteiger partial charge in [-0.25, -0.2) is 0 Å². The SMILES string of the molecule is CCN(c1ccc(C(=O)N2CCN(CCc3cccs3)CC2)cc1)C(C)C. The molecule has 1 aromatic carbocycles. The average molecular weight is 386 g/mol. The highest BCUT2D eigenvalue weighted by Gasteiger charge is 2.22. The highest BCUT2D eigenvalue weighted by atomic mass is 32.1. The van der Waals surface area contributed by atoms with Crippen LogP contribution in [0.5, 0.6) is 0 Å². The van der Waals surface area contributed by atoms with Crippen LogP contribution in [0, 0.1) is 0 Å². The first-order chi connectivity index (χ1) is 13.1. The Labute approximate surface area is 167 Å². The second kappa shape index (κ2) is 9.38. The highest BCUT2D eigenvalue weighted by Crippen LogP contribution is 2.19. The molecule has 4 nitrogen and oxygen atoms in total. The molecule has 27 heavy (non-hydrogen) atoms. The average Bonchev–Trinajstić information content (AvgIpc) is 3.21. The van der Waals surface area contributed by atoms with Crippen molar-refractivity contribution in [3.05, 3.63) is 52.2 Å². The largest absolute Gasteiger partial charge is 0.369 e. The number of piperazine rings is 1. The lowest BCUT2D eigenvalue weighted by Gasteiger charge is -2.35. The van der Waals surface area contributed by atoms with E-state index in [4.69, 9.17) is 0 Å². The first-order valence-corrected chi connectivity index (χ1v) is 10.9. The highest BCUT2D eigenvalue weighted by molar-refractivity contribution is 7.09. The normalized spacial score (nSPS) is 15.3. The van der Waals surface area contributed by atoms with Crippen molar-refractivity contribution in [2.24, 2.45) is 0 Å². The molecule has 0 N–H and O–H groups in total. The smallest absolute Gasteiger partial charge is 0.253 e. The number of thiophene rings is 1. The second-order valence-corrected chi connectivity index (χ2v) is 8.42. The maximum absolute atomic E-state index is 12.8. The van der Waals surface area contributed by atoms with Crippen LogP contribution in [0.15, 0.2) is 41.8 Å². The van der Waals surface area contributed by atoms with Crippen molar-refractivity contribution in [2.45, 2.75) is 33.2 Å². The lowest BCUT2D eigenvalue weighted by Crippen LogP contribution is -2.49. The molecule has 1 aliphatic rings. The van der Waals surface area contributed by atoms with Gasteiger partial charge in [0.05, 0.1) is 0 Å². The van der Waals surface area contributed by atoms with Gasteiger partial charge in [0.1, 0.15) is 0 Å². The molecule has 0 atom stereocenters. The molecular formula is C22H31N3OS. The van der Waals surface area contributed by atoms with Crippen molar-refractivity contribution in [2.75, 3.05) is 44.2 Å². The summed E-state index contributed by atoms with van der Waals surface area (Å²) in [6.07, 6.45) is 1.11. The molecule has 0 spiro atoms. The summed E-state index contributed by atoms with van der Waals surface area (Å²) < 4.78 is 0. The molecule has 1 fully saturated rings. The number of carbonyl (C=O) groups is 1. The minimum atomic E-state index is 0.159. The third-order valence-electron chi connectivity index (χ3n) is 5.32. The van der Waals surface area contributed by atoms with Crippen LogP contribution in [0.3, 0.4) is 0 Å². The van der Waals surface area contributed by atoms with Crippen LogP contribution in [0.1, 0.15) is 36.0 Å².